The Balaban J connectivity index is 1.54. The SMILES string of the molecule is O=C(NCC(O)Cc1ccccc1)c1cnc(-c2ccccc2)nc1. The quantitative estimate of drug-likeness (QED) is 0.727. The largest absolute Gasteiger partial charge is 0.391 e. The first kappa shape index (κ1) is 16.8. The van der Waals surface area contributed by atoms with E-state index in [-0.39, 0.29) is 12.5 Å². The van der Waals surface area contributed by atoms with Crippen molar-refractivity contribution in [1.82, 2.24) is 15.3 Å². The van der Waals surface area contributed by atoms with E-state index < -0.39 is 6.10 Å². The summed E-state index contributed by atoms with van der Waals surface area (Å²) in [5, 5.41) is 12.8. The zero-order chi connectivity index (χ0) is 17.5. The molecule has 1 aromatic heterocycles. The van der Waals surface area contributed by atoms with Gasteiger partial charge in [0.1, 0.15) is 0 Å². The Morgan fingerprint density at radius 3 is 2.20 bits per heavy atom. The number of amides is 1. The highest BCUT2D eigenvalue weighted by molar-refractivity contribution is 5.93. The predicted molar refractivity (Wildman–Crippen MR) is 96.0 cm³/mol. The van der Waals surface area contributed by atoms with Crippen molar-refractivity contribution in [1.29, 1.82) is 0 Å². The molecule has 1 atom stereocenters. The van der Waals surface area contributed by atoms with Crippen LogP contribution in [0.2, 0.25) is 0 Å². The first-order chi connectivity index (χ1) is 12.2. The highest BCUT2D eigenvalue weighted by atomic mass is 16.3. The van der Waals surface area contributed by atoms with E-state index in [1.54, 1.807) is 0 Å². The van der Waals surface area contributed by atoms with Gasteiger partial charge < -0.3 is 10.4 Å². The van der Waals surface area contributed by atoms with Gasteiger partial charge in [-0.25, -0.2) is 9.97 Å². The van der Waals surface area contributed by atoms with Crippen molar-refractivity contribution in [3.63, 3.8) is 0 Å². The van der Waals surface area contributed by atoms with E-state index in [1.165, 1.54) is 12.4 Å². The summed E-state index contributed by atoms with van der Waals surface area (Å²) < 4.78 is 0. The molecule has 0 bridgehead atoms. The fourth-order valence-electron chi connectivity index (χ4n) is 2.45. The molecule has 5 heteroatoms. The molecule has 0 fully saturated rings. The normalized spacial score (nSPS) is 11.7. The van der Waals surface area contributed by atoms with E-state index in [9.17, 15) is 9.90 Å². The zero-order valence-electron chi connectivity index (χ0n) is 13.7. The Morgan fingerprint density at radius 1 is 0.960 bits per heavy atom. The lowest BCUT2D eigenvalue weighted by Gasteiger charge is -2.12. The summed E-state index contributed by atoms with van der Waals surface area (Å²) in [6.07, 6.45) is 2.84. The number of carbonyl (C=O) groups excluding carboxylic acids is 1. The summed E-state index contributed by atoms with van der Waals surface area (Å²) in [5.41, 5.74) is 2.29. The highest BCUT2D eigenvalue weighted by Crippen LogP contribution is 2.13. The summed E-state index contributed by atoms with van der Waals surface area (Å²) >= 11 is 0. The summed E-state index contributed by atoms with van der Waals surface area (Å²) in [6.45, 7) is 0.175. The molecule has 0 aliphatic heterocycles. The van der Waals surface area contributed by atoms with Crippen LogP contribution in [0, 0.1) is 0 Å². The molecule has 0 aliphatic carbocycles. The van der Waals surface area contributed by atoms with Gasteiger partial charge in [0.15, 0.2) is 5.82 Å². The van der Waals surface area contributed by atoms with Gasteiger partial charge in [0.05, 0.1) is 11.7 Å². The van der Waals surface area contributed by atoms with Crippen LogP contribution in [0.15, 0.2) is 73.1 Å². The van der Waals surface area contributed by atoms with Crippen LogP contribution in [0.3, 0.4) is 0 Å². The van der Waals surface area contributed by atoms with Crippen LogP contribution in [-0.2, 0) is 6.42 Å². The van der Waals surface area contributed by atoms with Crippen molar-refractivity contribution in [2.24, 2.45) is 0 Å². The van der Waals surface area contributed by atoms with Crippen LogP contribution >= 0.6 is 0 Å². The Kier molecular flexibility index (Phi) is 5.49. The molecule has 3 aromatic rings. The number of hydrogen-bond donors (Lipinski definition) is 2. The van der Waals surface area contributed by atoms with Gasteiger partial charge in [0, 0.05) is 30.9 Å². The van der Waals surface area contributed by atoms with Gasteiger partial charge in [-0.1, -0.05) is 60.7 Å². The lowest BCUT2D eigenvalue weighted by atomic mass is 10.1. The average molecular weight is 333 g/mol. The first-order valence-corrected chi connectivity index (χ1v) is 8.10. The molecule has 1 amide bonds. The minimum atomic E-state index is -0.643. The van der Waals surface area contributed by atoms with Gasteiger partial charge in [-0.05, 0) is 5.56 Å². The third kappa shape index (κ3) is 4.71. The molecule has 1 heterocycles. The Labute approximate surface area is 146 Å². The minimum absolute atomic E-state index is 0.175. The van der Waals surface area contributed by atoms with E-state index in [0.29, 0.717) is 17.8 Å². The molecule has 0 aliphatic rings. The molecule has 25 heavy (non-hydrogen) atoms. The minimum Gasteiger partial charge on any atom is -0.391 e. The van der Waals surface area contributed by atoms with Crippen molar-refractivity contribution < 1.29 is 9.90 Å². The molecule has 0 saturated heterocycles. The Bertz CT molecular complexity index is 805. The fourth-order valence-corrected chi connectivity index (χ4v) is 2.45. The highest BCUT2D eigenvalue weighted by Gasteiger charge is 2.11. The molecular weight excluding hydrogens is 314 g/mol. The van der Waals surface area contributed by atoms with Gasteiger partial charge in [0.2, 0.25) is 0 Å². The van der Waals surface area contributed by atoms with Gasteiger partial charge in [-0.3, -0.25) is 4.79 Å². The fraction of sp³-hybridized carbons (Fsp3) is 0.150. The second-order valence-electron chi connectivity index (χ2n) is 5.71. The van der Waals surface area contributed by atoms with Crippen LogP contribution < -0.4 is 5.32 Å². The predicted octanol–water partition coefficient (Wildman–Crippen LogP) is 2.48. The maximum absolute atomic E-state index is 12.1. The molecule has 5 nitrogen and oxygen atoms in total. The van der Waals surface area contributed by atoms with E-state index in [4.69, 9.17) is 0 Å². The zero-order valence-corrected chi connectivity index (χ0v) is 13.7. The molecule has 126 valence electrons. The van der Waals surface area contributed by atoms with Gasteiger partial charge in [0.25, 0.3) is 5.91 Å². The Hall–Kier alpha value is -3.05. The van der Waals surface area contributed by atoms with Crippen molar-refractivity contribution in [3.8, 4) is 11.4 Å². The summed E-state index contributed by atoms with van der Waals surface area (Å²) in [7, 11) is 0. The second kappa shape index (κ2) is 8.17. The van der Waals surface area contributed by atoms with Gasteiger partial charge in [-0.2, -0.15) is 0 Å². The number of nitrogens with zero attached hydrogens (tertiary/aromatic N) is 2. The van der Waals surface area contributed by atoms with E-state index in [1.807, 2.05) is 60.7 Å². The molecule has 0 saturated carbocycles. The lowest BCUT2D eigenvalue weighted by Crippen LogP contribution is -2.33. The molecule has 3 rings (SSSR count). The van der Waals surface area contributed by atoms with E-state index >= 15 is 0 Å². The summed E-state index contributed by atoms with van der Waals surface area (Å²) in [4.78, 5) is 20.6. The number of hydrogen-bond acceptors (Lipinski definition) is 4. The van der Waals surface area contributed by atoms with Crippen LogP contribution in [0.4, 0.5) is 0 Å². The standard InChI is InChI=1S/C20H19N3O2/c24-18(11-15-7-3-1-4-8-15)14-23-20(25)17-12-21-19(22-13-17)16-9-5-2-6-10-16/h1-10,12-13,18,24H,11,14H2,(H,23,25). The molecule has 0 radical (unpaired) electrons. The summed E-state index contributed by atoms with van der Waals surface area (Å²) in [5.74, 6) is 0.271. The maximum Gasteiger partial charge on any atom is 0.254 e. The smallest absolute Gasteiger partial charge is 0.254 e. The van der Waals surface area contributed by atoms with Gasteiger partial charge >= 0.3 is 0 Å². The van der Waals surface area contributed by atoms with Crippen LogP contribution in [0.1, 0.15) is 15.9 Å². The lowest BCUT2D eigenvalue weighted by molar-refractivity contribution is 0.0915. The maximum atomic E-state index is 12.1. The Morgan fingerprint density at radius 2 is 1.56 bits per heavy atom. The molecule has 2 aromatic carbocycles. The van der Waals surface area contributed by atoms with E-state index in [2.05, 4.69) is 15.3 Å². The molecule has 2 N–H and O–H groups in total. The third-order valence-electron chi connectivity index (χ3n) is 3.76. The van der Waals surface area contributed by atoms with Gasteiger partial charge in [-0.15, -0.1) is 0 Å². The van der Waals surface area contributed by atoms with Crippen molar-refractivity contribution in [3.05, 3.63) is 84.2 Å². The van der Waals surface area contributed by atoms with Crippen LogP contribution in [-0.4, -0.2) is 33.6 Å². The number of nitrogens with one attached hydrogen (secondary N) is 1. The van der Waals surface area contributed by atoms with E-state index in [0.717, 1.165) is 11.1 Å². The number of aromatic nitrogens is 2. The molecule has 1 unspecified atom stereocenters. The molecule has 0 spiro atoms. The molecular formula is C20H19N3O2. The average Bonchev–Trinajstić information content (AvgIpc) is 2.68. The number of aliphatic hydroxyl groups is 1. The number of aliphatic hydroxyl groups excluding tert-OH is 1. The second-order valence-corrected chi connectivity index (χ2v) is 5.71. The summed E-state index contributed by atoms with van der Waals surface area (Å²) in [6, 6.07) is 19.2. The monoisotopic (exact) mass is 333 g/mol. The number of carbonyl (C=O) groups is 1. The number of rotatable bonds is 6. The topological polar surface area (TPSA) is 75.1 Å². The van der Waals surface area contributed by atoms with Crippen molar-refractivity contribution in [2.75, 3.05) is 6.54 Å². The first-order valence-electron chi connectivity index (χ1n) is 8.10. The number of benzene rings is 2. The van der Waals surface area contributed by atoms with Crippen molar-refractivity contribution >= 4 is 5.91 Å². The third-order valence-corrected chi connectivity index (χ3v) is 3.76. The van der Waals surface area contributed by atoms with Crippen LogP contribution in [0.25, 0.3) is 11.4 Å². The van der Waals surface area contributed by atoms with Crippen LogP contribution in [0.5, 0.6) is 0 Å². The van der Waals surface area contributed by atoms with Crippen molar-refractivity contribution in [2.45, 2.75) is 12.5 Å².